The van der Waals surface area contributed by atoms with Crippen molar-refractivity contribution in [2.24, 2.45) is 0 Å². The summed E-state index contributed by atoms with van der Waals surface area (Å²) in [4.78, 5) is 24.3. The van der Waals surface area contributed by atoms with Gasteiger partial charge >= 0.3 is 6.03 Å². The number of para-hydroxylation sites is 1. The van der Waals surface area contributed by atoms with Gasteiger partial charge in [-0.1, -0.05) is 48.5 Å². The topological polar surface area (TPSA) is 75.2 Å². The Morgan fingerprint density at radius 1 is 1.00 bits per heavy atom. The number of nitrogens with zero attached hydrogens (tertiary/aromatic N) is 1. The Balaban J connectivity index is 1.60. The fourth-order valence-electron chi connectivity index (χ4n) is 3.23. The first-order valence-corrected chi connectivity index (χ1v) is 9.60. The van der Waals surface area contributed by atoms with E-state index in [1.54, 1.807) is 0 Å². The molecular formula is C22H26N4O2. The van der Waals surface area contributed by atoms with Crippen LogP contribution in [0.2, 0.25) is 0 Å². The number of rotatable bonds is 8. The fraction of sp³-hybridized carbons (Fsp3) is 0.273. The lowest BCUT2D eigenvalue weighted by molar-refractivity contribution is -0.122. The van der Waals surface area contributed by atoms with E-state index in [1.807, 2.05) is 49.4 Å². The van der Waals surface area contributed by atoms with Crippen LogP contribution in [0.5, 0.6) is 0 Å². The van der Waals surface area contributed by atoms with Crippen LogP contribution in [0.4, 0.5) is 4.79 Å². The van der Waals surface area contributed by atoms with Crippen molar-refractivity contribution in [3.63, 3.8) is 0 Å². The molecule has 0 aliphatic carbocycles. The molecule has 1 atom stereocenters. The van der Waals surface area contributed by atoms with E-state index in [-0.39, 0.29) is 5.91 Å². The Hall–Kier alpha value is -3.12. The molecule has 0 saturated heterocycles. The van der Waals surface area contributed by atoms with Crippen LogP contribution < -0.4 is 16.0 Å². The molecule has 0 spiro atoms. The molecule has 3 amide bonds. The second-order valence-electron chi connectivity index (χ2n) is 6.57. The molecule has 2 aromatic carbocycles. The molecule has 1 heterocycles. The van der Waals surface area contributed by atoms with E-state index in [0.717, 1.165) is 18.5 Å². The molecule has 1 aromatic heterocycles. The van der Waals surface area contributed by atoms with E-state index < -0.39 is 12.1 Å². The minimum atomic E-state index is -0.579. The van der Waals surface area contributed by atoms with E-state index in [0.29, 0.717) is 13.1 Å². The van der Waals surface area contributed by atoms with Crippen molar-refractivity contribution in [1.82, 2.24) is 20.5 Å². The standard InChI is InChI=1S/C22H26N4O2/c1-2-23-22(28)25-21(27)20(18-10-4-3-5-11-18)24-14-8-15-26-16-13-17-9-6-7-12-19(17)26/h3-7,9-13,16,20,24H,2,8,14-15H2,1H3,(H2,23,25,27,28)/t20-/m1/s1. The molecule has 3 rings (SSSR count). The second kappa shape index (κ2) is 9.71. The highest BCUT2D eigenvalue weighted by Crippen LogP contribution is 2.16. The van der Waals surface area contributed by atoms with Gasteiger partial charge in [-0.05, 0) is 43.0 Å². The Morgan fingerprint density at radius 2 is 1.75 bits per heavy atom. The number of hydrogen-bond donors (Lipinski definition) is 3. The lowest BCUT2D eigenvalue weighted by atomic mass is 10.1. The third kappa shape index (κ3) is 4.98. The van der Waals surface area contributed by atoms with E-state index in [1.165, 1.54) is 10.9 Å². The average Bonchev–Trinajstić information content (AvgIpc) is 3.12. The Labute approximate surface area is 164 Å². The third-order valence-corrected chi connectivity index (χ3v) is 4.57. The summed E-state index contributed by atoms with van der Waals surface area (Å²) >= 11 is 0. The van der Waals surface area contributed by atoms with E-state index in [9.17, 15) is 9.59 Å². The van der Waals surface area contributed by atoms with Crippen LogP contribution in [0.3, 0.4) is 0 Å². The van der Waals surface area contributed by atoms with Gasteiger partial charge in [0.25, 0.3) is 0 Å². The number of aryl methyl sites for hydroxylation is 1. The van der Waals surface area contributed by atoms with Crippen molar-refractivity contribution in [2.75, 3.05) is 13.1 Å². The minimum Gasteiger partial charge on any atom is -0.347 e. The van der Waals surface area contributed by atoms with Gasteiger partial charge in [0.1, 0.15) is 6.04 Å². The molecule has 0 bridgehead atoms. The summed E-state index contributed by atoms with van der Waals surface area (Å²) in [5.74, 6) is -0.358. The van der Waals surface area contributed by atoms with Crippen LogP contribution in [0.15, 0.2) is 66.9 Å². The van der Waals surface area contributed by atoms with Crippen molar-refractivity contribution >= 4 is 22.8 Å². The lowest BCUT2D eigenvalue weighted by Crippen LogP contribution is -2.45. The zero-order chi connectivity index (χ0) is 19.8. The van der Waals surface area contributed by atoms with Gasteiger partial charge in [0.2, 0.25) is 5.91 Å². The predicted octanol–water partition coefficient (Wildman–Crippen LogP) is 3.21. The predicted molar refractivity (Wildman–Crippen MR) is 111 cm³/mol. The van der Waals surface area contributed by atoms with E-state index in [4.69, 9.17) is 0 Å². The number of aromatic nitrogens is 1. The zero-order valence-electron chi connectivity index (χ0n) is 16.0. The molecule has 0 aliphatic rings. The van der Waals surface area contributed by atoms with Crippen molar-refractivity contribution in [3.05, 3.63) is 72.4 Å². The Morgan fingerprint density at radius 3 is 2.54 bits per heavy atom. The molecule has 0 radical (unpaired) electrons. The van der Waals surface area contributed by atoms with Gasteiger partial charge in [-0.3, -0.25) is 10.1 Å². The number of urea groups is 1. The van der Waals surface area contributed by atoms with Gasteiger partial charge < -0.3 is 15.2 Å². The van der Waals surface area contributed by atoms with Crippen LogP contribution in [0.25, 0.3) is 10.9 Å². The van der Waals surface area contributed by atoms with Crippen LogP contribution in [-0.4, -0.2) is 29.6 Å². The van der Waals surface area contributed by atoms with Crippen molar-refractivity contribution in [1.29, 1.82) is 0 Å². The first kappa shape index (κ1) is 19.6. The SMILES string of the molecule is CCNC(=O)NC(=O)[C@H](NCCCn1ccc2ccccc21)c1ccccc1. The number of carbonyl (C=O) groups is 2. The van der Waals surface area contributed by atoms with Crippen molar-refractivity contribution in [3.8, 4) is 0 Å². The number of carbonyl (C=O) groups excluding carboxylic acids is 2. The largest absolute Gasteiger partial charge is 0.347 e. The summed E-state index contributed by atoms with van der Waals surface area (Å²) in [5, 5.41) is 9.49. The number of amides is 3. The molecule has 6 nitrogen and oxygen atoms in total. The summed E-state index contributed by atoms with van der Waals surface area (Å²) < 4.78 is 2.21. The molecule has 0 aliphatic heterocycles. The highest BCUT2D eigenvalue weighted by atomic mass is 16.2. The summed E-state index contributed by atoms with van der Waals surface area (Å²) in [6.07, 6.45) is 2.94. The highest BCUT2D eigenvalue weighted by Gasteiger charge is 2.21. The molecule has 146 valence electrons. The summed E-state index contributed by atoms with van der Waals surface area (Å²) in [5.41, 5.74) is 2.03. The molecule has 3 N–H and O–H groups in total. The molecule has 0 saturated carbocycles. The van der Waals surface area contributed by atoms with Crippen LogP contribution in [0, 0.1) is 0 Å². The van der Waals surface area contributed by atoms with Crippen LogP contribution in [0.1, 0.15) is 24.9 Å². The third-order valence-electron chi connectivity index (χ3n) is 4.57. The molecule has 6 heteroatoms. The van der Waals surface area contributed by atoms with Gasteiger partial charge in [0.15, 0.2) is 0 Å². The first-order chi connectivity index (χ1) is 13.7. The molecule has 0 fully saturated rings. The second-order valence-corrected chi connectivity index (χ2v) is 6.57. The van der Waals surface area contributed by atoms with Gasteiger partial charge in [-0.2, -0.15) is 0 Å². The molecule has 0 unspecified atom stereocenters. The fourth-order valence-corrected chi connectivity index (χ4v) is 3.23. The van der Waals surface area contributed by atoms with Crippen molar-refractivity contribution in [2.45, 2.75) is 25.9 Å². The normalized spacial score (nSPS) is 11.9. The first-order valence-electron chi connectivity index (χ1n) is 9.60. The number of fused-ring (bicyclic) bond motifs is 1. The maximum absolute atomic E-state index is 12.6. The number of hydrogen-bond acceptors (Lipinski definition) is 3. The summed E-state index contributed by atoms with van der Waals surface area (Å²) in [7, 11) is 0. The molecule has 28 heavy (non-hydrogen) atoms. The lowest BCUT2D eigenvalue weighted by Gasteiger charge is -2.18. The smallest absolute Gasteiger partial charge is 0.321 e. The van der Waals surface area contributed by atoms with E-state index in [2.05, 4.69) is 44.9 Å². The maximum Gasteiger partial charge on any atom is 0.321 e. The van der Waals surface area contributed by atoms with Crippen LogP contribution in [-0.2, 0) is 11.3 Å². The average molecular weight is 378 g/mol. The molecular weight excluding hydrogens is 352 g/mol. The Bertz CT molecular complexity index is 920. The number of nitrogens with one attached hydrogen (secondary N) is 3. The zero-order valence-corrected chi connectivity index (χ0v) is 16.0. The monoisotopic (exact) mass is 378 g/mol. The quantitative estimate of drug-likeness (QED) is 0.527. The van der Waals surface area contributed by atoms with E-state index >= 15 is 0 Å². The maximum atomic E-state index is 12.6. The minimum absolute atomic E-state index is 0.358. The molecule has 3 aromatic rings. The highest BCUT2D eigenvalue weighted by molar-refractivity contribution is 5.97. The van der Waals surface area contributed by atoms with Gasteiger partial charge in [-0.15, -0.1) is 0 Å². The summed E-state index contributed by atoms with van der Waals surface area (Å²) in [6.45, 7) is 3.77. The van der Waals surface area contributed by atoms with Crippen LogP contribution >= 0.6 is 0 Å². The van der Waals surface area contributed by atoms with Crippen molar-refractivity contribution < 1.29 is 9.59 Å². The summed E-state index contributed by atoms with van der Waals surface area (Å²) in [6, 6.07) is 18.8. The van der Waals surface area contributed by atoms with Gasteiger partial charge in [0.05, 0.1) is 0 Å². The Kier molecular flexibility index (Phi) is 6.81. The van der Waals surface area contributed by atoms with Gasteiger partial charge in [0, 0.05) is 24.8 Å². The number of benzene rings is 2. The van der Waals surface area contributed by atoms with Gasteiger partial charge in [-0.25, -0.2) is 4.79 Å². The number of imide groups is 1.